The van der Waals surface area contributed by atoms with E-state index in [1.54, 1.807) is 0 Å². The maximum atomic E-state index is 6.10. The van der Waals surface area contributed by atoms with Crippen LogP contribution in [0.15, 0.2) is 24.3 Å². The third-order valence-corrected chi connectivity index (χ3v) is 2.97. The number of halogens is 2. The van der Waals surface area contributed by atoms with Crippen molar-refractivity contribution < 1.29 is 4.74 Å². The molecule has 0 spiro atoms. The molecule has 1 atom stereocenters. The van der Waals surface area contributed by atoms with E-state index in [1.807, 2.05) is 38.1 Å². The zero-order valence-electron chi connectivity index (χ0n) is 8.34. The molecule has 14 heavy (non-hydrogen) atoms. The number of ether oxygens (including phenoxy) is 1. The van der Waals surface area contributed by atoms with Crippen LogP contribution in [0.2, 0.25) is 5.02 Å². The lowest BCUT2D eigenvalue weighted by Gasteiger charge is -2.19. The van der Waals surface area contributed by atoms with E-state index in [2.05, 4.69) is 22.6 Å². The minimum absolute atomic E-state index is 0.101. The Morgan fingerprint density at radius 2 is 2.00 bits per heavy atom. The zero-order valence-corrected chi connectivity index (χ0v) is 11.2. The van der Waals surface area contributed by atoms with Crippen LogP contribution >= 0.6 is 34.2 Å². The number of rotatable bonds is 4. The van der Waals surface area contributed by atoms with Gasteiger partial charge < -0.3 is 4.74 Å². The second-order valence-electron chi connectivity index (χ2n) is 3.35. The molecular weight excluding hydrogens is 310 g/mol. The lowest BCUT2D eigenvalue weighted by Crippen LogP contribution is -2.12. The van der Waals surface area contributed by atoms with Gasteiger partial charge in [0.1, 0.15) is 0 Å². The van der Waals surface area contributed by atoms with E-state index in [-0.39, 0.29) is 12.2 Å². The third-order valence-electron chi connectivity index (χ3n) is 1.83. The minimum atomic E-state index is 0.101. The Bertz CT molecular complexity index is 288. The summed E-state index contributed by atoms with van der Waals surface area (Å²) in [5.74, 6) is 0. The molecule has 0 aliphatic heterocycles. The van der Waals surface area contributed by atoms with Crippen LogP contribution in [0.4, 0.5) is 0 Å². The fourth-order valence-corrected chi connectivity index (χ4v) is 2.20. The van der Waals surface area contributed by atoms with Crippen molar-refractivity contribution in [2.45, 2.75) is 26.1 Å². The van der Waals surface area contributed by atoms with Crippen molar-refractivity contribution in [3.05, 3.63) is 34.9 Å². The van der Waals surface area contributed by atoms with Crippen molar-refractivity contribution in [3.63, 3.8) is 0 Å². The summed E-state index contributed by atoms with van der Waals surface area (Å²) in [6.45, 7) is 4.08. The van der Waals surface area contributed by atoms with Crippen molar-refractivity contribution in [2.75, 3.05) is 4.43 Å². The van der Waals surface area contributed by atoms with Crippen molar-refractivity contribution in [3.8, 4) is 0 Å². The van der Waals surface area contributed by atoms with Crippen LogP contribution < -0.4 is 0 Å². The molecule has 0 heterocycles. The summed E-state index contributed by atoms with van der Waals surface area (Å²) < 4.78 is 6.69. The zero-order chi connectivity index (χ0) is 10.6. The van der Waals surface area contributed by atoms with Gasteiger partial charge in [0.15, 0.2) is 0 Å². The summed E-state index contributed by atoms with van der Waals surface area (Å²) in [7, 11) is 0. The van der Waals surface area contributed by atoms with Crippen LogP contribution in [0.1, 0.15) is 25.5 Å². The van der Waals surface area contributed by atoms with Crippen molar-refractivity contribution >= 4 is 34.2 Å². The highest BCUT2D eigenvalue weighted by Gasteiger charge is 2.14. The first kappa shape index (κ1) is 12.3. The van der Waals surface area contributed by atoms with E-state index in [0.29, 0.717) is 0 Å². The van der Waals surface area contributed by atoms with Gasteiger partial charge >= 0.3 is 0 Å². The molecule has 1 unspecified atom stereocenters. The van der Waals surface area contributed by atoms with E-state index in [4.69, 9.17) is 16.3 Å². The first-order valence-corrected chi connectivity index (χ1v) is 6.51. The highest BCUT2D eigenvalue weighted by molar-refractivity contribution is 14.1. The Kier molecular flexibility index (Phi) is 5.20. The molecule has 78 valence electrons. The largest absolute Gasteiger partial charge is 0.370 e. The first-order valence-electron chi connectivity index (χ1n) is 4.61. The quantitative estimate of drug-likeness (QED) is 0.594. The molecule has 1 aromatic rings. The number of hydrogen-bond acceptors (Lipinski definition) is 1. The van der Waals surface area contributed by atoms with Gasteiger partial charge in [0.05, 0.1) is 12.2 Å². The molecule has 0 N–H and O–H groups in total. The summed E-state index contributed by atoms with van der Waals surface area (Å²) >= 11 is 8.42. The Morgan fingerprint density at radius 3 is 2.50 bits per heavy atom. The number of alkyl halides is 1. The summed E-state index contributed by atoms with van der Waals surface area (Å²) in [5.41, 5.74) is 1.08. The third kappa shape index (κ3) is 3.41. The smallest absolute Gasteiger partial charge is 0.0932 e. The maximum absolute atomic E-state index is 6.10. The number of hydrogen-bond donors (Lipinski definition) is 0. The normalized spacial score (nSPS) is 13.2. The van der Waals surface area contributed by atoms with Crippen LogP contribution in [0, 0.1) is 0 Å². The molecular formula is C11H14ClIO. The Labute approximate surface area is 104 Å². The molecule has 1 rings (SSSR count). The average molecular weight is 325 g/mol. The Morgan fingerprint density at radius 1 is 1.36 bits per heavy atom. The van der Waals surface area contributed by atoms with E-state index in [1.165, 1.54) is 0 Å². The Hall–Kier alpha value is 0.200. The van der Waals surface area contributed by atoms with Crippen molar-refractivity contribution in [2.24, 2.45) is 0 Å². The summed E-state index contributed by atoms with van der Waals surface area (Å²) in [6.07, 6.45) is 0.329. The highest BCUT2D eigenvalue weighted by Crippen LogP contribution is 2.27. The van der Waals surface area contributed by atoms with Crippen LogP contribution in [0.5, 0.6) is 0 Å². The lowest BCUT2D eigenvalue weighted by atomic mass is 10.1. The molecule has 1 aromatic carbocycles. The molecule has 0 aliphatic rings. The van der Waals surface area contributed by atoms with Crippen molar-refractivity contribution in [1.82, 2.24) is 0 Å². The second-order valence-corrected chi connectivity index (χ2v) is 4.64. The molecule has 0 aromatic heterocycles. The van der Waals surface area contributed by atoms with Gasteiger partial charge in [-0.1, -0.05) is 52.4 Å². The van der Waals surface area contributed by atoms with Gasteiger partial charge in [-0.25, -0.2) is 0 Å². The second kappa shape index (κ2) is 5.93. The van der Waals surface area contributed by atoms with E-state index < -0.39 is 0 Å². The monoisotopic (exact) mass is 324 g/mol. The van der Waals surface area contributed by atoms with Crippen LogP contribution in [-0.2, 0) is 4.74 Å². The van der Waals surface area contributed by atoms with Crippen LogP contribution in [0.25, 0.3) is 0 Å². The lowest BCUT2D eigenvalue weighted by molar-refractivity contribution is 0.0224. The van der Waals surface area contributed by atoms with Gasteiger partial charge in [-0.15, -0.1) is 0 Å². The first-order chi connectivity index (χ1) is 6.65. The fourth-order valence-electron chi connectivity index (χ4n) is 1.26. The molecule has 1 nitrogen and oxygen atoms in total. The topological polar surface area (TPSA) is 9.23 Å². The fraction of sp³-hybridized carbons (Fsp3) is 0.455. The predicted octanol–water partition coefficient (Wildman–Crippen LogP) is 4.24. The molecule has 0 aliphatic carbocycles. The minimum Gasteiger partial charge on any atom is -0.370 e. The van der Waals surface area contributed by atoms with Gasteiger partial charge in [0.25, 0.3) is 0 Å². The molecule has 0 amide bonds. The summed E-state index contributed by atoms with van der Waals surface area (Å²) in [5, 5.41) is 0.787. The summed E-state index contributed by atoms with van der Waals surface area (Å²) in [4.78, 5) is 0. The average Bonchev–Trinajstić information content (AvgIpc) is 2.15. The SMILES string of the molecule is CC(C)OC(CI)c1ccccc1Cl. The van der Waals surface area contributed by atoms with E-state index in [0.717, 1.165) is 15.0 Å². The Balaban J connectivity index is 2.83. The van der Waals surface area contributed by atoms with Gasteiger partial charge in [-0.2, -0.15) is 0 Å². The van der Waals surface area contributed by atoms with Gasteiger partial charge in [0, 0.05) is 15.0 Å². The van der Waals surface area contributed by atoms with Crippen LogP contribution in [-0.4, -0.2) is 10.5 Å². The predicted molar refractivity (Wildman–Crippen MR) is 69.3 cm³/mol. The molecule has 0 saturated heterocycles. The molecule has 0 saturated carbocycles. The molecule has 3 heteroatoms. The van der Waals surface area contributed by atoms with Gasteiger partial charge in [-0.3, -0.25) is 0 Å². The van der Waals surface area contributed by atoms with E-state index in [9.17, 15) is 0 Å². The van der Waals surface area contributed by atoms with Gasteiger partial charge in [-0.05, 0) is 19.9 Å². The summed E-state index contributed by atoms with van der Waals surface area (Å²) in [6, 6.07) is 7.85. The highest BCUT2D eigenvalue weighted by atomic mass is 127. The standard InChI is InChI=1S/C11H14ClIO/c1-8(2)14-11(7-13)9-5-3-4-6-10(9)12/h3-6,8,11H,7H2,1-2H3. The van der Waals surface area contributed by atoms with Crippen LogP contribution in [0.3, 0.4) is 0 Å². The van der Waals surface area contributed by atoms with Crippen molar-refractivity contribution in [1.29, 1.82) is 0 Å². The van der Waals surface area contributed by atoms with Gasteiger partial charge in [0.2, 0.25) is 0 Å². The number of benzene rings is 1. The molecule has 0 radical (unpaired) electrons. The maximum Gasteiger partial charge on any atom is 0.0932 e. The molecule has 0 bridgehead atoms. The van der Waals surface area contributed by atoms with E-state index >= 15 is 0 Å². The molecule has 0 fully saturated rings.